The number of hydrogen-bond acceptors (Lipinski definition) is 3. The van der Waals surface area contributed by atoms with Crippen LogP contribution in [-0.4, -0.2) is 16.8 Å². The lowest BCUT2D eigenvalue weighted by molar-refractivity contribution is 0.0897. The van der Waals surface area contributed by atoms with Crippen LogP contribution in [0.2, 0.25) is 20.1 Å². The number of hydrogen-bond donors (Lipinski definition) is 0. The highest BCUT2D eigenvalue weighted by molar-refractivity contribution is 6.45. The Bertz CT molecular complexity index is 964. The molecular weight excluding hydrogens is 442 g/mol. The maximum absolute atomic E-state index is 13.3. The minimum atomic E-state index is -0.743. The number of amides is 2. The van der Waals surface area contributed by atoms with Crippen molar-refractivity contribution in [1.82, 2.24) is 4.98 Å². The second-order valence-electron chi connectivity index (χ2n) is 5.83. The molecule has 1 heterocycles. The third-order valence-electron chi connectivity index (χ3n) is 3.88. The largest absolute Gasteiger partial charge is 0.269 e. The number of aromatic nitrogens is 1. The molecule has 3 aromatic rings. The molecule has 0 unspecified atom stereocenters. The minimum Gasteiger partial charge on any atom is -0.268 e. The van der Waals surface area contributed by atoms with Crippen molar-refractivity contribution in [3.8, 4) is 0 Å². The first-order valence-electron chi connectivity index (χ1n) is 8.00. The van der Waals surface area contributed by atoms with E-state index in [4.69, 9.17) is 46.4 Å². The molecule has 2 aromatic carbocycles. The molecule has 0 atom stereocenters. The standard InChI is InChI=1S/C20H12Cl4N2O2/c1-11-8-9-16(25-10-11)26(19(27)17-12(21)4-2-5-13(17)22)20(28)18-14(23)6-3-7-15(18)24/h2-10H,1H3. The highest BCUT2D eigenvalue weighted by atomic mass is 35.5. The number of benzene rings is 2. The Hall–Kier alpha value is -2.11. The average molecular weight is 454 g/mol. The molecule has 0 saturated carbocycles. The molecule has 0 N–H and O–H groups in total. The number of carbonyl (C=O) groups excluding carboxylic acids is 2. The molecule has 8 heteroatoms. The van der Waals surface area contributed by atoms with Crippen molar-refractivity contribution in [2.45, 2.75) is 6.92 Å². The van der Waals surface area contributed by atoms with Crippen LogP contribution in [0.4, 0.5) is 5.82 Å². The first-order valence-corrected chi connectivity index (χ1v) is 9.52. The second kappa shape index (κ2) is 8.50. The summed E-state index contributed by atoms with van der Waals surface area (Å²) in [5.74, 6) is -1.39. The Labute approximate surface area is 181 Å². The molecule has 1 aromatic heterocycles. The first kappa shape index (κ1) is 20.6. The summed E-state index contributed by atoms with van der Waals surface area (Å²) in [6, 6.07) is 12.5. The van der Waals surface area contributed by atoms with Gasteiger partial charge in [0.25, 0.3) is 11.8 Å². The smallest absolute Gasteiger partial charge is 0.268 e. The maximum atomic E-state index is 13.3. The summed E-state index contributed by atoms with van der Waals surface area (Å²) < 4.78 is 0. The normalized spacial score (nSPS) is 10.6. The van der Waals surface area contributed by atoms with E-state index in [1.54, 1.807) is 24.3 Å². The van der Waals surface area contributed by atoms with Crippen LogP contribution >= 0.6 is 46.4 Å². The predicted octanol–water partition coefficient (Wildman–Crippen LogP) is 6.49. The molecule has 0 aliphatic heterocycles. The first-order chi connectivity index (χ1) is 13.3. The van der Waals surface area contributed by atoms with Crippen molar-refractivity contribution in [3.63, 3.8) is 0 Å². The SMILES string of the molecule is Cc1ccc(N(C(=O)c2c(Cl)cccc2Cl)C(=O)c2c(Cl)cccc2Cl)nc1. The topological polar surface area (TPSA) is 50.3 Å². The van der Waals surface area contributed by atoms with Crippen LogP contribution in [0.15, 0.2) is 54.7 Å². The Morgan fingerprint density at radius 3 is 1.54 bits per heavy atom. The lowest BCUT2D eigenvalue weighted by Crippen LogP contribution is -2.38. The Morgan fingerprint density at radius 2 is 1.18 bits per heavy atom. The van der Waals surface area contributed by atoms with Gasteiger partial charge in [-0.15, -0.1) is 0 Å². The lowest BCUT2D eigenvalue weighted by Gasteiger charge is -2.22. The Balaban J connectivity index is 2.20. The Kier molecular flexibility index (Phi) is 6.26. The molecule has 3 rings (SSSR count). The molecule has 0 radical (unpaired) electrons. The van der Waals surface area contributed by atoms with Crippen LogP contribution < -0.4 is 4.90 Å². The molecule has 0 bridgehead atoms. The number of aryl methyl sites for hydroxylation is 1. The van der Waals surface area contributed by atoms with Gasteiger partial charge in [-0.1, -0.05) is 64.6 Å². The van der Waals surface area contributed by atoms with E-state index < -0.39 is 11.8 Å². The van der Waals surface area contributed by atoms with Gasteiger partial charge in [0, 0.05) is 6.20 Å². The molecule has 2 amide bonds. The monoisotopic (exact) mass is 452 g/mol. The van der Waals surface area contributed by atoms with Crippen LogP contribution in [0.25, 0.3) is 0 Å². The van der Waals surface area contributed by atoms with Crippen molar-refractivity contribution >= 4 is 64.0 Å². The van der Waals surface area contributed by atoms with E-state index in [2.05, 4.69) is 4.98 Å². The van der Waals surface area contributed by atoms with Crippen molar-refractivity contribution < 1.29 is 9.59 Å². The van der Waals surface area contributed by atoms with E-state index in [-0.39, 0.29) is 37.0 Å². The van der Waals surface area contributed by atoms with Crippen molar-refractivity contribution in [2.75, 3.05) is 4.90 Å². The fourth-order valence-corrected chi connectivity index (χ4v) is 3.64. The summed E-state index contributed by atoms with van der Waals surface area (Å²) in [7, 11) is 0. The van der Waals surface area contributed by atoms with Crippen LogP contribution in [0.5, 0.6) is 0 Å². The number of imide groups is 1. The van der Waals surface area contributed by atoms with Crippen LogP contribution in [-0.2, 0) is 0 Å². The molecule has 142 valence electrons. The van der Waals surface area contributed by atoms with E-state index in [1.807, 2.05) is 6.92 Å². The Morgan fingerprint density at radius 1 is 0.750 bits per heavy atom. The minimum absolute atomic E-state index is 0.0234. The van der Waals surface area contributed by atoms with Crippen molar-refractivity contribution in [3.05, 3.63) is 91.5 Å². The second-order valence-corrected chi connectivity index (χ2v) is 7.46. The molecule has 0 saturated heterocycles. The van der Waals surface area contributed by atoms with Crippen molar-refractivity contribution in [2.24, 2.45) is 0 Å². The van der Waals surface area contributed by atoms with Crippen LogP contribution in [0.3, 0.4) is 0 Å². The highest BCUT2D eigenvalue weighted by Crippen LogP contribution is 2.31. The zero-order chi connectivity index (χ0) is 20.4. The summed E-state index contributed by atoms with van der Waals surface area (Å²) in [5.41, 5.74) is 0.810. The molecular formula is C20H12Cl4N2O2. The van der Waals surface area contributed by atoms with E-state index in [1.165, 1.54) is 30.5 Å². The van der Waals surface area contributed by atoms with E-state index in [0.29, 0.717) is 0 Å². The predicted molar refractivity (Wildman–Crippen MR) is 113 cm³/mol. The molecule has 4 nitrogen and oxygen atoms in total. The van der Waals surface area contributed by atoms with Gasteiger partial charge in [0.05, 0.1) is 31.2 Å². The maximum Gasteiger partial charge on any atom is 0.269 e. The quantitative estimate of drug-likeness (QED) is 0.425. The lowest BCUT2D eigenvalue weighted by atomic mass is 10.1. The van der Waals surface area contributed by atoms with Gasteiger partial charge in [0.1, 0.15) is 5.82 Å². The fourth-order valence-electron chi connectivity index (χ4n) is 2.52. The van der Waals surface area contributed by atoms with E-state index >= 15 is 0 Å². The summed E-state index contributed by atoms with van der Waals surface area (Å²) in [6.07, 6.45) is 1.53. The van der Waals surface area contributed by atoms with Gasteiger partial charge in [-0.25, -0.2) is 9.88 Å². The van der Waals surface area contributed by atoms with Crippen LogP contribution in [0, 0.1) is 6.92 Å². The van der Waals surface area contributed by atoms with Crippen LogP contribution in [0.1, 0.15) is 26.3 Å². The van der Waals surface area contributed by atoms with Gasteiger partial charge >= 0.3 is 0 Å². The van der Waals surface area contributed by atoms with E-state index in [9.17, 15) is 9.59 Å². The molecule has 0 aliphatic rings. The number of nitrogens with zero attached hydrogens (tertiary/aromatic N) is 2. The average Bonchev–Trinajstić information content (AvgIpc) is 2.63. The number of rotatable bonds is 3. The summed E-state index contributed by atoms with van der Waals surface area (Å²) in [5, 5.41) is 0.417. The van der Waals surface area contributed by atoms with Gasteiger partial charge < -0.3 is 0 Å². The highest BCUT2D eigenvalue weighted by Gasteiger charge is 2.32. The fraction of sp³-hybridized carbons (Fsp3) is 0.0500. The number of pyridine rings is 1. The summed E-state index contributed by atoms with van der Waals surface area (Å²) in [6.45, 7) is 1.83. The number of halogens is 4. The molecule has 0 fully saturated rings. The van der Waals surface area contributed by atoms with Crippen molar-refractivity contribution in [1.29, 1.82) is 0 Å². The van der Waals surface area contributed by atoms with Gasteiger partial charge in [0.2, 0.25) is 0 Å². The van der Waals surface area contributed by atoms with Gasteiger partial charge in [-0.3, -0.25) is 9.59 Å². The molecule has 0 aliphatic carbocycles. The van der Waals surface area contributed by atoms with Gasteiger partial charge in [-0.2, -0.15) is 0 Å². The zero-order valence-electron chi connectivity index (χ0n) is 14.4. The third kappa shape index (κ3) is 4.01. The van der Waals surface area contributed by atoms with E-state index in [0.717, 1.165) is 10.5 Å². The summed E-state index contributed by atoms with van der Waals surface area (Å²) in [4.78, 5) is 31.7. The zero-order valence-corrected chi connectivity index (χ0v) is 17.4. The van der Waals surface area contributed by atoms with Gasteiger partial charge in [-0.05, 0) is 42.8 Å². The number of anilines is 1. The van der Waals surface area contributed by atoms with Gasteiger partial charge in [0.15, 0.2) is 0 Å². The third-order valence-corrected chi connectivity index (χ3v) is 5.14. The molecule has 0 spiro atoms. The number of carbonyl (C=O) groups is 2. The summed E-state index contributed by atoms with van der Waals surface area (Å²) >= 11 is 24.7. The molecule has 28 heavy (non-hydrogen) atoms.